The van der Waals surface area contributed by atoms with E-state index in [2.05, 4.69) is 31.0 Å². The number of nitrogens with zero attached hydrogens (tertiary/aromatic N) is 1. The van der Waals surface area contributed by atoms with Crippen LogP contribution in [0.3, 0.4) is 0 Å². The van der Waals surface area contributed by atoms with E-state index >= 15 is 0 Å². The summed E-state index contributed by atoms with van der Waals surface area (Å²) in [5, 5.41) is 1.10. The molecule has 2 aromatic rings. The van der Waals surface area contributed by atoms with Gasteiger partial charge in [0, 0.05) is 23.6 Å². The lowest BCUT2D eigenvalue weighted by atomic mass is 10.00. The van der Waals surface area contributed by atoms with Crippen molar-refractivity contribution in [1.82, 2.24) is 4.98 Å². The number of ketones is 1. The zero-order valence-corrected chi connectivity index (χ0v) is 12.4. The highest BCUT2D eigenvalue weighted by atomic mass is 16.1. The normalized spacial score (nSPS) is 12.9. The first kappa shape index (κ1) is 14.4. The van der Waals surface area contributed by atoms with Gasteiger partial charge in [-0.25, -0.2) is 0 Å². The Labute approximate surface area is 120 Å². The van der Waals surface area contributed by atoms with Crippen molar-refractivity contribution in [1.29, 1.82) is 0 Å². The molecule has 0 radical (unpaired) electrons. The summed E-state index contributed by atoms with van der Waals surface area (Å²) in [5.41, 5.74) is 3.14. The second-order valence-electron chi connectivity index (χ2n) is 5.39. The van der Waals surface area contributed by atoms with Crippen molar-refractivity contribution < 1.29 is 4.79 Å². The van der Waals surface area contributed by atoms with Gasteiger partial charge in [0.1, 0.15) is 0 Å². The van der Waals surface area contributed by atoms with E-state index in [-0.39, 0.29) is 5.78 Å². The van der Waals surface area contributed by atoms with Crippen LogP contribution in [0, 0.1) is 12.8 Å². The van der Waals surface area contributed by atoms with Crippen LogP contribution in [0.4, 0.5) is 0 Å². The summed E-state index contributed by atoms with van der Waals surface area (Å²) in [6.07, 6.45) is 7.05. The predicted octanol–water partition coefficient (Wildman–Crippen LogP) is 4.56. The van der Waals surface area contributed by atoms with E-state index in [0.29, 0.717) is 12.3 Å². The lowest BCUT2D eigenvalue weighted by Crippen LogP contribution is -2.01. The molecule has 0 saturated carbocycles. The minimum atomic E-state index is 0.187. The van der Waals surface area contributed by atoms with E-state index in [4.69, 9.17) is 0 Å². The zero-order chi connectivity index (χ0) is 14.5. The molecule has 0 aliphatic heterocycles. The number of rotatable bonds is 5. The molecule has 1 unspecified atom stereocenters. The maximum Gasteiger partial charge on any atom is 0.155 e. The fraction of sp³-hybridized carbons (Fsp3) is 0.333. The summed E-state index contributed by atoms with van der Waals surface area (Å²) in [6, 6.07) is 8.11. The van der Waals surface area contributed by atoms with Gasteiger partial charge in [-0.05, 0) is 36.6 Å². The molecular formula is C18H21NO. The quantitative estimate of drug-likeness (QED) is 0.743. The second kappa shape index (κ2) is 6.47. The Morgan fingerprint density at radius 2 is 2.15 bits per heavy atom. The zero-order valence-electron chi connectivity index (χ0n) is 12.4. The number of hydrogen-bond acceptors (Lipinski definition) is 2. The summed E-state index contributed by atoms with van der Waals surface area (Å²) in [6.45, 7) is 6.27. The van der Waals surface area contributed by atoms with Gasteiger partial charge in [-0.3, -0.25) is 9.78 Å². The molecule has 2 nitrogen and oxygen atoms in total. The van der Waals surface area contributed by atoms with Crippen LogP contribution in [0.1, 0.15) is 37.8 Å². The van der Waals surface area contributed by atoms with Crippen LogP contribution in [-0.4, -0.2) is 10.8 Å². The highest BCUT2D eigenvalue weighted by molar-refractivity contribution is 5.97. The molecule has 0 spiro atoms. The summed E-state index contributed by atoms with van der Waals surface area (Å²) < 4.78 is 0. The summed E-state index contributed by atoms with van der Waals surface area (Å²) in [4.78, 5) is 16.4. The average Bonchev–Trinajstić information content (AvgIpc) is 2.46. The van der Waals surface area contributed by atoms with Gasteiger partial charge < -0.3 is 0 Å². The van der Waals surface area contributed by atoms with Gasteiger partial charge in [-0.15, -0.1) is 0 Å². The molecule has 2 heteroatoms. The number of fused-ring (bicyclic) bond motifs is 1. The Balaban J connectivity index is 2.29. The predicted molar refractivity (Wildman–Crippen MR) is 84.6 cm³/mol. The summed E-state index contributed by atoms with van der Waals surface area (Å²) in [5.74, 6) is 0.630. The minimum absolute atomic E-state index is 0.187. The molecule has 0 N–H and O–H groups in total. The van der Waals surface area contributed by atoms with Crippen molar-refractivity contribution in [3.8, 4) is 0 Å². The van der Waals surface area contributed by atoms with E-state index in [1.165, 1.54) is 0 Å². The smallest absolute Gasteiger partial charge is 0.155 e. The van der Waals surface area contributed by atoms with E-state index < -0.39 is 0 Å². The Kier molecular flexibility index (Phi) is 4.67. The van der Waals surface area contributed by atoms with Gasteiger partial charge in [0.15, 0.2) is 5.78 Å². The Bertz CT molecular complexity index is 643. The van der Waals surface area contributed by atoms with Crippen molar-refractivity contribution in [2.75, 3.05) is 0 Å². The Hall–Kier alpha value is -1.96. The van der Waals surface area contributed by atoms with Crippen molar-refractivity contribution in [2.24, 2.45) is 5.92 Å². The maximum atomic E-state index is 11.9. The van der Waals surface area contributed by atoms with Gasteiger partial charge in [0.25, 0.3) is 0 Å². The molecule has 0 saturated heterocycles. The molecule has 0 bridgehead atoms. The minimum Gasteiger partial charge on any atom is -0.295 e. The molecular weight excluding hydrogens is 246 g/mol. The van der Waals surface area contributed by atoms with Crippen molar-refractivity contribution in [3.63, 3.8) is 0 Å². The lowest BCUT2D eigenvalue weighted by molar-refractivity contribution is -0.115. The van der Waals surface area contributed by atoms with Crippen LogP contribution < -0.4 is 0 Å². The van der Waals surface area contributed by atoms with Crippen LogP contribution in [0.15, 0.2) is 36.5 Å². The largest absolute Gasteiger partial charge is 0.295 e. The molecule has 104 valence electrons. The molecule has 1 atom stereocenters. The summed E-state index contributed by atoms with van der Waals surface area (Å²) >= 11 is 0. The van der Waals surface area contributed by atoms with Crippen LogP contribution in [0.2, 0.25) is 0 Å². The first-order chi connectivity index (χ1) is 9.61. The Morgan fingerprint density at radius 3 is 2.90 bits per heavy atom. The molecule has 1 aromatic carbocycles. The number of carbonyl (C=O) groups is 1. The Morgan fingerprint density at radius 1 is 1.35 bits per heavy atom. The third-order valence-electron chi connectivity index (χ3n) is 3.71. The maximum absolute atomic E-state index is 11.9. The fourth-order valence-corrected chi connectivity index (χ4v) is 2.21. The second-order valence-corrected chi connectivity index (χ2v) is 5.39. The van der Waals surface area contributed by atoms with Crippen LogP contribution >= 0.6 is 0 Å². The molecule has 0 aliphatic rings. The first-order valence-corrected chi connectivity index (χ1v) is 7.17. The monoisotopic (exact) mass is 267 g/mol. The van der Waals surface area contributed by atoms with Gasteiger partial charge >= 0.3 is 0 Å². The third kappa shape index (κ3) is 3.32. The SMILES string of the molecule is CCC(C)CC(=O)/C=C/c1c(C)ccc2cccnc12. The molecule has 1 aromatic heterocycles. The topological polar surface area (TPSA) is 30.0 Å². The number of pyridine rings is 1. The van der Waals surface area contributed by atoms with E-state index in [1.807, 2.05) is 25.1 Å². The number of benzene rings is 1. The van der Waals surface area contributed by atoms with Gasteiger partial charge in [-0.1, -0.05) is 38.5 Å². The third-order valence-corrected chi connectivity index (χ3v) is 3.71. The number of aryl methyl sites for hydroxylation is 1. The summed E-state index contributed by atoms with van der Waals surface area (Å²) in [7, 11) is 0. The van der Waals surface area contributed by atoms with Gasteiger partial charge in [-0.2, -0.15) is 0 Å². The molecule has 0 fully saturated rings. The molecule has 0 aliphatic carbocycles. The number of carbonyl (C=O) groups excluding carboxylic acids is 1. The molecule has 0 amide bonds. The highest BCUT2D eigenvalue weighted by Gasteiger charge is 2.06. The number of allylic oxidation sites excluding steroid dienone is 1. The molecule has 1 heterocycles. The lowest BCUT2D eigenvalue weighted by Gasteiger charge is -2.06. The van der Waals surface area contributed by atoms with E-state index in [1.54, 1.807) is 12.3 Å². The molecule has 2 rings (SSSR count). The standard InChI is InChI=1S/C18H21NO/c1-4-13(2)12-16(20)9-10-17-14(3)7-8-15-6-5-11-19-18(15)17/h5-11,13H,4,12H2,1-3H3/b10-9+. The van der Waals surface area contributed by atoms with Gasteiger partial charge in [0.2, 0.25) is 0 Å². The number of aromatic nitrogens is 1. The van der Waals surface area contributed by atoms with Crippen molar-refractivity contribution in [2.45, 2.75) is 33.6 Å². The number of hydrogen-bond donors (Lipinski definition) is 0. The van der Waals surface area contributed by atoms with Crippen molar-refractivity contribution in [3.05, 3.63) is 47.7 Å². The molecule has 20 heavy (non-hydrogen) atoms. The van der Waals surface area contributed by atoms with Crippen LogP contribution in [-0.2, 0) is 4.79 Å². The van der Waals surface area contributed by atoms with Crippen molar-refractivity contribution >= 4 is 22.8 Å². The average molecular weight is 267 g/mol. The highest BCUT2D eigenvalue weighted by Crippen LogP contribution is 2.21. The fourth-order valence-electron chi connectivity index (χ4n) is 2.21. The van der Waals surface area contributed by atoms with Gasteiger partial charge in [0.05, 0.1) is 5.52 Å². The van der Waals surface area contributed by atoms with Crippen LogP contribution in [0.25, 0.3) is 17.0 Å². The van der Waals surface area contributed by atoms with E-state index in [0.717, 1.165) is 28.5 Å². The van der Waals surface area contributed by atoms with Crippen LogP contribution in [0.5, 0.6) is 0 Å². The van der Waals surface area contributed by atoms with E-state index in [9.17, 15) is 4.79 Å². The first-order valence-electron chi connectivity index (χ1n) is 7.17.